The summed E-state index contributed by atoms with van der Waals surface area (Å²) in [5, 5.41) is 0. The van der Waals surface area contributed by atoms with Crippen LogP contribution >= 0.6 is 0 Å². The van der Waals surface area contributed by atoms with E-state index >= 15 is 0 Å². The molecule has 1 unspecified atom stereocenters. The zero-order valence-corrected chi connectivity index (χ0v) is 12.4. The number of rotatable bonds is 7. The smallest absolute Gasteiger partial charge is 0.121 e. The van der Waals surface area contributed by atoms with E-state index in [1.54, 1.807) is 14.2 Å². The number of methoxy groups -OCH3 is 2. The molecule has 0 saturated carbocycles. The van der Waals surface area contributed by atoms with E-state index in [1.807, 2.05) is 12.1 Å². The topological polar surface area (TPSA) is 62.3 Å². The molecule has 1 heterocycles. The summed E-state index contributed by atoms with van der Waals surface area (Å²) < 4.78 is 12.9. The molecule has 0 aliphatic heterocycles. The fourth-order valence-electron chi connectivity index (χ4n) is 2.38. The summed E-state index contributed by atoms with van der Waals surface area (Å²) in [5.41, 5.74) is 7.80. The normalized spacial score (nSPS) is 12.8. The van der Waals surface area contributed by atoms with Crippen molar-refractivity contribution in [2.45, 2.75) is 32.4 Å². The molecule has 0 saturated heterocycles. The van der Waals surface area contributed by atoms with E-state index in [-0.39, 0.29) is 6.10 Å². The SMILES string of the molecule is CCCn1c(CC(CN)OC)nc2cc(OC)ccc21. The summed E-state index contributed by atoms with van der Waals surface area (Å²) >= 11 is 0. The quantitative estimate of drug-likeness (QED) is 0.840. The van der Waals surface area contributed by atoms with Crippen LogP contribution in [0.2, 0.25) is 0 Å². The minimum absolute atomic E-state index is 0.00399. The van der Waals surface area contributed by atoms with Crippen molar-refractivity contribution in [1.29, 1.82) is 0 Å². The molecule has 0 spiro atoms. The van der Waals surface area contributed by atoms with Crippen molar-refractivity contribution in [3.63, 3.8) is 0 Å². The van der Waals surface area contributed by atoms with Crippen molar-refractivity contribution in [2.24, 2.45) is 5.73 Å². The minimum Gasteiger partial charge on any atom is -0.497 e. The first-order valence-corrected chi connectivity index (χ1v) is 6.99. The Kier molecular flexibility index (Phi) is 4.98. The van der Waals surface area contributed by atoms with Gasteiger partial charge in [-0.1, -0.05) is 6.92 Å². The maximum absolute atomic E-state index is 5.71. The zero-order valence-electron chi connectivity index (χ0n) is 12.4. The molecule has 110 valence electrons. The first-order chi connectivity index (χ1) is 9.73. The summed E-state index contributed by atoms with van der Waals surface area (Å²) in [7, 11) is 3.36. The van der Waals surface area contributed by atoms with Crippen molar-refractivity contribution in [2.75, 3.05) is 20.8 Å². The molecule has 1 atom stereocenters. The number of ether oxygens (including phenoxy) is 2. The third kappa shape index (κ3) is 2.94. The largest absolute Gasteiger partial charge is 0.497 e. The van der Waals surface area contributed by atoms with Gasteiger partial charge in [-0.15, -0.1) is 0 Å². The maximum Gasteiger partial charge on any atom is 0.121 e. The second kappa shape index (κ2) is 6.72. The number of hydrogen-bond acceptors (Lipinski definition) is 4. The van der Waals surface area contributed by atoms with E-state index in [1.165, 1.54) is 0 Å². The fraction of sp³-hybridized carbons (Fsp3) is 0.533. The van der Waals surface area contributed by atoms with Crippen molar-refractivity contribution in [1.82, 2.24) is 9.55 Å². The lowest BCUT2D eigenvalue weighted by Gasteiger charge is -2.14. The molecular weight excluding hydrogens is 254 g/mol. The third-order valence-electron chi connectivity index (χ3n) is 3.49. The Hall–Kier alpha value is -1.59. The molecule has 5 nitrogen and oxygen atoms in total. The van der Waals surface area contributed by atoms with Crippen LogP contribution in [0.15, 0.2) is 18.2 Å². The van der Waals surface area contributed by atoms with Gasteiger partial charge in [0.05, 0.1) is 24.2 Å². The van der Waals surface area contributed by atoms with Crippen LogP contribution in [-0.2, 0) is 17.7 Å². The van der Waals surface area contributed by atoms with Gasteiger partial charge in [0, 0.05) is 32.7 Å². The average Bonchev–Trinajstić information content (AvgIpc) is 2.82. The second-order valence-corrected chi connectivity index (χ2v) is 4.83. The summed E-state index contributed by atoms with van der Waals surface area (Å²) in [6, 6.07) is 6.00. The number of nitrogens with two attached hydrogens (primary N) is 1. The highest BCUT2D eigenvalue weighted by atomic mass is 16.5. The molecule has 2 N–H and O–H groups in total. The van der Waals surface area contributed by atoms with Gasteiger partial charge in [0.2, 0.25) is 0 Å². The first kappa shape index (κ1) is 14.8. The highest BCUT2D eigenvalue weighted by Crippen LogP contribution is 2.23. The van der Waals surface area contributed by atoms with Crippen LogP contribution in [0.1, 0.15) is 19.2 Å². The van der Waals surface area contributed by atoms with E-state index in [2.05, 4.69) is 17.6 Å². The number of benzene rings is 1. The Morgan fingerprint density at radius 2 is 2.15 bits per heavy atom. The van der Waals surface area contributed by atoms with E-state index in [0.29, 0.717) is 6.54 Å². The van der Waals surface area contributed by atoms with Crippen LogP contribution in [0.5, 0.6) is 5.75 Å². The van der Waals surface area contributed by atoms with Crippen LogP contribution in [0, 0.1) is 0 Å². The molecule has 0 aliphatic carbocycles. The van der Waals surface area contributed by atoms with E-state index < -0.39 is 0 Å². The Labute approximate surface area is 119 Å². The lowest BCUT2D eigenvalue weighted by atomic mass is 10.2. The molecule has 2 aromatic rings. The van der Waals surface area contributed by atoms with Gasteiger partial charge in [0.25, 0.3) is 0 Å². The Morgan fingerprint density at radius 1 is 1.35 bits per heavy atom. The molecule has 20 heavy (non-hydrogen) atoms. The van der Waals surface area contributed by atoms with Crippen molar-refractivity contribution in [3.8, 4) is 5.75 Å². The van der Waals surface area contributed by atoms with E-state index in [0.717, 1.165) is 42.0 Å². The minimum atomic E-state index is 0.00399. The van der Waals surface area contributed by atoms with Gasteiger partial charge in [-0.25, -0.2) is 4.98 Å². The standard InChI is InChI=1S/C15H23N3O2/c1-4-7-18-14-6-5-11(19-2)8-13(14)17-15(18)9-12(10-16)20-3/h5-6,8,12H,4,7,9-10,16H2,1-3H3. The summed E-state index contributed by atoms with van der Waals surface area (Å²) in [4.78, 5) is 4.72. The van der Waals surface area contributed by atoms with Gasteiger partial charge >= 0.3 is 0 Å². The Morgan fingerprint density at radius 3 is 2.75 bits per heavy atom. The molecule has 1 aromatic carbocycles. The predicted molar refractivity (Wildman–Crippen MR) is 80.1 cm³/mol. The number of aryl methyl sites for hydroxylation is 1. The van der Waals surface area contributed by atoms with Crippen LogP contribution < -0.4 is 10.5 Å². The van der Waals surface area contributed by atoms with Gasteiger partial charge in [-0.05, 0) is 18.6 Å². The van der Waals surface area contributed by atoms with E-state index in [4.69, 9.17) is 20.2 Å². The third-order valence-corrected chi connectivity index (χ3v) is 3.49. The summed E-state index contributed by atoms with van der Waals surface area (Å²) in [6.07, 6.45) is 1.79. The zero-order chi connectivity index (χ0) is 14.5. The number of nitrogens with zero attached hydrogens (tertiary/aromatic N) is 2. The average molecular weight is 277 g/mol. The van der Waals surface area contributed by atoms with Gasteiger partial charge in [-0.2, -0.15) is 0 Å². The molecular formula is C15H23N3O2. The van der Waals surface area contributed by atoms with Crippen molar-refractivity contribution in [3.05, 3.63) is 24.0 Å². The maximum atomic E-state index is 5.71. The summed E-state index contributed by atoms with van der Waals surface area (Å²) in [5.74, 6) is 1.85. The number of hydrogen-bond donors (Lipinski definition) is 1. The van der Waals surface area contributed by atoms with Crippen LogP contribution in [0.4, 0.5) is 0 Å². The van der Waals surface area contributed by atoms with Crippen LogP contribution in [0.25, 0.3) is 11.0 Å². The first-order valence-electron chi connectivity index (χ1n) is 6.99. The monoisotopic (exact) mass is 277 g/mol. The Bertz CT molecular complexity index is 561. The molecule has 2 rings (SSSR count). The molecule has 0 radical (unpaired) electrons. The van der Waals surface area contributed by atoms with Gasteiger partial charge in [0.1, 0.15) is 11.6 Å². The lowest BCUT2D eigenvalue weighted by Crippen LogP contribution is -2.26. The molecule has 5 heteroatoms. The van der Waals surface area contributed by atoms with Crippen molar-refractivity contribution < 1.29 is 9.47 Å². The van der Waals surface area contributed by atoms with Crippen molar-refractivity contribution >= 4 is 11.0 Å². The number of fused-ring (bicyclic) bond motifs is 1. The van der Waals surface area contributed by atoms with Gasteiger partial charge < -0.3 is 19.8 Å². The van der Waals surface area contributed by atoms with Crippen LogP contribution in [-0.4, -0.2) is 36.4 Å². The fourth-order valence-corrected chi connectivity index (χ4v) is 2.38. The van der Waals surface area contributed by atoms with Crippen LogP contribution in [0.3, 0.4) is 0 Å². The molecule has 0 bridgehead atoms. The van der Waals surface area contributed by atoms with E-state index in [9.17, 15) is 0 Å². The predicted octanol–water partition coefficient (Wildman–Crippen LogP) is 1.97. The molecule has 1 aromatic heterocycles. The second-order valence-electron chi connectivity index (χ2n) is 4.83. The molecule has 0 fully saturated rings. The molecule has 0 aliphatic rings. The molecule has 0 amide bonds. The van der Waals surface area contributed by atoms with Gasteiger partial charge in [0.15, 0.2) is 0 Å². The highest BCUT2D eigenvalue weighted by molar-refractivity contribution is 5.77. The summed E-state index contributed by atoms with van der Waals surface area (Å²) in [6.45, 7) is 3.60. The number of imidazole rings is 1. The number of aromatic nitrogens is 2. The van der Waals surface area contributed by atoms with Gasteiger partial charge in [-0.3, -0.25) is 0 Å². The highest BCUT2D eigenvalue weighted by Gasteiger charge is 2.15. The lowest BCUT2D eigenvalue weighted by molar-refractivity contribution is 0.107. The Balaban J connectivity index is 2.43.